The molecule has 2 rings (SSSR count). The minimum Gasteiger partial charge on any atom is -0.406 e. The van der Waals surface area contributed by atoms with Gasteiger partial charge in [0.2, 0.25) is 5.89 Å². The molecule has 0 aliphatic rings. The zero-order valence-electron chi connectivity index (χ0n) is 8.05. The molecule has 5 nitrogen and oxygen atoms in total. The fourth-order valence-electron chi connectivity index (χ4n) is 1.16. The van der Waals surface area contributed by atoms with Crippen molar-refractivity contribution in [1.29, 1.82) is 0 Å². The van der Waals surface area contributed by atoms with Crippen LogP contribution in [0.2, 0.25) is 0 Å². The van der Waals surface area contributed by atoms with Gasteiger partial charge in [-0.3, -0.25) is 0 Å². The van der Waals surface area contributed by atoms with Crippen LogP contribution in [0.1, 0.15) is 11.5 Å². The number of aliphatic hydroxyl groups excluding tert-OH is 1. The van der Waals surface area contributed by atoms with Crippen molar-refractivity contribution in [2.45, 2.75) is 13.2 Å². The second-order valence-corrected chi connectivity index (χ2v) is 3.00. The van der Waals surface area contributed by atoms with Gasteiger partial charge in [-0.25, -0.2) is 0 Å². The third-order valence-corrected chi connectivity index (χ3v) is 1.89. The zero-order valence-corrected chi connectivity index (χ0v) is 8.05. The van der Waals surface area contributed by atoms with Gasteiger partial charge in [0, 0.05) is 6.54 Å². The second kappa shape index (κ2) is 4.56. The van der Waals surface area contributed by atoms with Crippen LogP contribution in [-0.2, 0) is 13.2 Å². The Morgan fingerprint density at radius 3 is 2.67 bits per heavy atom. The van der Waals surface area contributed by atoms with Crippen molar-refractivity contribution in [1.82, 2.24) is 10.2 Å². The molecule has 0 saturated heterocycles. The Labute approximate surface area is 86.8 Å². The van der Waals surface area contributed by atoms with Crippen molar-refractivity contribution in [2.24, 2.45) is 0 Å². The van der Waals surface area contributed by atoms with Crippen molar-refractivity contribution in [2.75, 3.05) is 5.32 Å². The van der Waals surface area contributed by atoms with E-state index in [1.54, 1.807) is 0 Å². The van der Waals surface area contributed by atoms with E-state index in [1.807, 2.05) is 30.3 Å². The average molecular weight is 205 g/mol. The quantitative estimate of drug-likeness (QED) is 0.784. The lowest BCUT2D eigenvalue weighted by Gasteiger charge is -2.00. The van der Waals surface area contributed by atoms with E-state index in [0.29, 0.717) is 12.6 Å². The first-order chi connectivity index (χ1) is 7.38. The standard InChI is InChI=1S/C10H11N3O2/c14-7-9-12-13-10(15-9)11-6-8-4-2-1-3-5-8/h1-5,14H,6-7H2,(H,11,13). The van der Waals surface area contributed by atoms with Gasteiger partial charge < -0.3 is 14.8 Å². The Kier molecular flexibility index (Phi) is 2.94. The minimum absolute atomic E-state index is 0.213. The van der Waals surface area contributed by atoms with Crippen molar-refractivity contribution in [3.8, 4) is 0 Å². The van der Waals surface area contributed by atoms with Gasteiger partial charge in [0.05, 0.1) is 0 Å². The summed E-state index contributed by atoms with van der Waals surface area (Å²) in [5, 5.41) is 19.0. The summed E-state index contributed by atoms with van der Waals surface area (Å²) in [7, 11) is 0. The molecule has 0 amide bonds. The van der Waals surface area contributed by atoms with E-state index >= 15 is 0 Å². The first-order valence-corrected chi connectivity index (χ1v) is 4.59. The Hall–Kier alpha value is -1.88. The van der Waals surface area contributed by atoms with Gasteiger partial charge in [0.15, 0.2) is 0 Å². The lowest BCUT2D eigenvalue weighted by molar-refractivity contribution is 0.241. The summed E-state index contributed by atoms with van der Waals surface area (Å²) in [6, 6.07) is 10.2. The van der Waals surface area contributed by atoms with E-state index < -0.39 is 0 Å². The molecule has 78 valence electrons. The van der Waals surface area contributed by atoms with Crippen LogP contribution in [0.4, 0.5) is 6.01 Å². The van der Waals surface area contributed by atoms with Gasteiger partial charge in [0.1, 0.15) is 6.61 Å². The molecule has 1 aromatic heterocycles. The molecule has 0 spiro atoms. The molecule has 0 atom stereocenters. The number of anilines is 1. The van der Waals surface area contributed by atoms with E-state index in [0.717, 1.165) is 5.56 Å². The first kappa shape index (κ1) is 9.67. The maximum absolute atomic E-state index is 8.71. The molecular formula is C10H11N3O2. The van der Waals surface area contributed by atoms with Crippen LogP contribution in [0.5, 0.6) is 0 Å². The predicted octanol–water partition coefficient (Wildman–Crippen LogP) is 1.17. The van der Waals surface area contributed by atoms with Crippen LogP contribution in [0.3, 0.4) is 0 Å². The highest BCUT2D eigenvalue weighted by Crippen LogP contribution is 2.07. The van der Waals surface area contributed by atoms with Crippen LogP contribution in [0.25, 0.3) is 0 Å². The molecule has 15 heavy (non-hydrogen) atoms. The summed E-state index contributed by atoms with van der Waals surface area (Å²) >= 11 is 0. The molecule has 1 aromatic carbocycles. The van der Waals surface area contributed by atoms with Crippen LogP contribution in [-0.4, -0.2) is 15.3 Å². The molecule has 0 unspecified atom stereocenters. The highest BCUT2D eigenvalue weighted by molar-refractivity contribution is 5.23. The Bertz CT molecular complexity index is 414. The van der Waals surface area contributed by atoms with E-state index in [4.69, 9.17) is 9.52 Å². The van der Waals surface area contributed by atoms with Crippen molar-refractivity contribution >= 4 is 6.01 Å². The van der Waals surface area contributed by atoms with E-state index in [-0.39, 0.29) is 12.5 Å². The molecule has 0 saturated carbocycles. The Morgan fingerprint density at radius 1 is 1.20 bits per heavy atom. The first-order valence-electron chi connectivity index (χ1n) is 4.59. The van der Waals surface area contributed by atoms with Crippen molar-refractivity contribution < 1.29 is 9.52 Å². The normalized spacial score (nSPS) is 10.2. The molecule has 0 fully saturated rings. The fraction of sp³-hybridized carbons (Fsp3) is 0.200. The summed E-state index contributed by atoms with van der Waals surface area (Å²) < 4.78 is 5.07. The summed E-state index contributed by atoms with van der Waals surface area (Å²) in [4.78, 5) is 0. The van der Waals surface area contributed by atoms with Crippen LogP contribution >= 0.6 is 0 Å². The third kappa shape index (κ3) is 2.54. The number of rotatable bonds is 4. The van der Waals surface area contributed by atoms with Gasteiger partial charge in [0.25, 0.3) is 0 Å². The monoisotopic (exact) mass is 205 g/mol. The maximum Gasteiger partial charge on any atom is 0.315 e. The number of hydrogen-bond donors (Lipinski definition) is 2. The van der Waals surface area contributed by atoms with Gasteiger partial charge in [-0.15, -0.1) is 5.10 Å². The highest BCUT2D eigenvalue weighted by Gasteiger charge is 2.03. The van der Waals surface area contributed by atoms with Crippen LogP contribution in [0, 0.1) is 0 Å². The number of nitrogens with one attached hydrogen (secondary N) is 1. The smallest absolute Gasteiger partial charge is 0.315 e. The molecule has 0 radical (unpaired) electrons. The molecule has 2 N–H and O–H groups in total. The maximum atomic E-state index is 8.71. The molecular weight excluding hydrogens is 194 g/mol. The van der Waals surface area contributed by atoms with Gasteiger partial charge in [-0.05, 0) is 5.56 Å². The number of hydrogen-bond acceptors (Lipinski definition) is 5. The van der Waals surface area contributed by atoms with Crippen molar-refractivity contribution in [3.05, 3.63) is 41.8 Å². The molecule has 2 aromatic rings. The third-order valence-electron chi connectivity index (χ3n) is 1.89. The topological polar surface area (TPSA) is 71.2 Å². The summed E-state index contributed by atoms with van der Waals surface area (Å²) in [5.74, 6) is 0.213. The molecule has 5 heteroatoms. The van der Waals surface area contributed by atoms with Crippen LogP contribution in [0.15, 0.2) is 34.7 Å². The van der Waals surface area contributed by atoms with Gasteiger partial charge >= 0.3 is 6.01 Å². The molecule has 0 bridgehead atoms. The SMILES string of the molecule is OCc1nnc(NCc2ccccc2)o1. The molecule has 1 heterocycles. The van der Waals surface area contributed by atoms with E-state index in [9.17, 15) is 0 Å². The average Bonchev–Trinajstić information content (AvgIpc) is 2.76. The number of nitrogens with zero attached hydrogens (tertiary/aromatic N) is 2. The van der Waals surface area contributed by atoms with Crippen LogP contribution < -0.4 is 5.32 Å². The van der Waals surface area contributed by atoms with Crippen molar-refractivity contribution in [3.63, 3.8) is 0 Å². The minimum atomic E-state index is -0.236. The lowest BCUT2D eigenvalue weighted by atomic mass is 10.2. The summed E-state index contributed by atoms with van der Waals surface area (Å²) in [6.07, 6.45) is 0. The number of aromatic nitrogens is 2. The number of aliphatic hydroxyl groups is 1. The Morgan fingerprint density at radius 2 is 2.00 bits per heavy atom. The molecule has 0 aliphatic carbocycles. The largest absolute Gasteiger partial charge is 0.406 e. The fourth-order valence-corrected chi connectivity index (χ4v) is 1.16. The van der Waals surface area contributed by atoms with Gasteiger partial charge in [-0.2, -0.15) is 0 Å². The Balaban J connectivity index is 1.93. The summed E-state index contributed by atoms with van der Waals surface area (Å²) in [6.45, 7) is 0.383. The lowest BCUT2D eigenvalue weighted by Crippen LogP contribution is -1.98. The second-order valence-electron chi connectivity index (χ2n) is 3.00. The van der Waals surface area contributed by atoms with E-state index in [1.165, 1.54) is 0 Å². The number of benzene rings is 1. The van der Waals surface area contributed by atoms with E-state index in [2.05, 4.69) is 15.5 Å². The molecule has 0 aliphatic heterocycles. The predicted molar refractivity (Wildman–Crippen MR) is 54.0 cm³/mol. The van der Waals surface area contributed by atoms with Gasteiger partial charge in [-0.1, -0.05) is 35.4 Å². The zero-order chi connectivity index (χ0) is 10.5. The summed E-state index contributed by atoms with van der Waals surface area (Å²) in [5.41, 5.74) is 1.13. The highest BCUT2D eigenvalue weighted by atomic mass is 16.4.